The fourth-order valence-corrected chi connectivity index (χ4v) is 2.62. The summed E-state index contributed by atoms with van der Waals surface area (Å²) in [4.78, 5) is 48.4. The number of nitrogens with one attached hydrogen (secondary N) is 2. The molecule has 1 aromatic heterocycles. The number of aromatic hydroxyl groups is 1. The van der Waals surface area contributed by atoms with Gasteiger partial charge in [-0.2, -0.15) is 5.10 Å². The summed E-state index contributed by atoms with van der Waals surface area (Å²) in [7, 11) is 0. The first-order chi connectivity index (χ1) is 14.3. The van der Waals surface area contributed by atoms with Gasteiger partial charge < -0.3 is 5.11 Å². The van der Waals surface area contributed by atoms with E-state index in [1.165, 1.54) is 12.1 Å². The van der Waals surface area contributed by atoms with Crippen LogP contribution in [0.2, 0.25) is 0 Å². The van der Waals surface area contributed by atoms with Gasteiger partial charge in [0.2, 0.25) is 5.88 Å². The van der Waals surface area contributed by atoms with Gasteiger partial charge in [-0.1, -0.05) is 12.1 Å². The second kappa shape index (κ2) is 8.22. The number of aromatic nitrogens is 2. The number of H-pyrrole nitrogens is 1. The predicted molar refractivity (Wildman–Crippen MR) is 107 cm³/mol. The minimum absolute atomic E-state index is 0.0978. The van der Waals surface area contributed by atoms with Crippen LogP contribution in [-0.2, 0) is 0 Å². The van der Waals surface area contributed by atoms with Crippen LogP contribution in [0.5, 0.6) is 5.88 Å². The molecule has 11 heteroatoms. The van der Waals surface area contributed by atoms with Gasteiger partial charge in [0.1, 0.15) is 5.56 Å². The first-order valence-corrected chi connectivity index (χ1v) is 8.51. The van der Waals surface area contributed by atoms with Crippen molar-refractivity contribution in [3.63, 3.8) is 0 Å². The van der Waals surface area contributed by atoms with E-state index in [0.717, 1.165) is 28.5 Å². The zero-order valence-corrected chi connectivity index (χ0v) is 15.5. The van der Waals surface area contributed by atoms with E-state index in [2.05, 4.69) is 15.5 Å². The highest BCUT2D eigenvalue weighted by Gasteiger charge is 2.15. The maximum Gasteiger partial charge on any atom is 0.335 e. The lowest BCUT2D eigenvalue weighted by molar-refractivity contribution is -0.384. The maximum absolute atomic E-state index is 12.2. The average molecular weight is 409 g/mol. The normalized spacial score (nSPS) is 10.8. The van der Waals surface area contributed by atoms with E-state index in [-0.39, 0.29) is 16.8 Å². The van der Waals surface area contributed by atoms with Gasteiger partial charge in [-0.05, 0) is 36.8 Å². The average Bonchev–Trinajstić information content (AvgIpc) is 2.70. The smallest absolute Gasteiger partial charge is 0.335 e. The van der Waals surface area contributed by atoms with Crippen LogP contribution in [0.1, 0.15) is 21.5 Å². The Bertz CT molecular complexity index is 1270. The summed E-state index contributed by atoms with van der Waals surface area (Å²) in [6, 6.07) is 11.5. The zero-order valence-electron chi connectivity index (χ0n) is 15.5. The SMILES string of the molecule is Cc1cccc(-n2c(O)c(/C=N/NC(=O)c3ccc([N+](=O)[O-])cc3)c(=O)[nH]c2=O)c1. The Kier molecular flexibility index (Phi) is 5.54. The summed E-state index contributed by atoms with van der Waals surface area (Å²) in [5, 5.41) is 24.7. The number of nitro benzene ring substituents is 1. The van der Waals surface area contributed by atoms with Crippen LogP contribution >= 0.6 is 0 Å². The summed E-state index contributed by atoms with van der Waals surface area (Å²) in [5.41, 5.74) is 1.15. The van der Waals surface area contributed by atoms with E-state index in [0.29, 0.717) is 5.69 Å². The number of rotatable bonds is 5. The molecule has 0 atom stereocenters. The van der Waals surface area contributed by atoms with E-state index in [1.807, 2.05) is 0 Å². The number of carbonyl (C=O) groups excluding carboxylic acids is 1. The third kappa shape index (κ3) is 4.14. The number of hydrogen-bond acceptors (Lipinski definition) is 7. The largest absolute Gasteiger partial charge is 0.493 e. The molecule has 0 aliphatic heterocycles. The monoisotopic (exact) mass is 409 g/mol. The molecule has 11 nitrogen and oxygen atoms in total. The Labute approximate surface area is 168 Å². The van der Waals surface area contributed by atoms with Gasteiger partial charge in [-0.3, -0.25) is 24.7 Å². The number of aromatic amines is 1. The molecule has 1 amide bonds. The summed E-state index contributed by atoms with van der Waals surface area (Å²) in [5.74, 6) is -1.34. The highest BCUT2D eigenvalue weighted by molar-refractivity contribution is 5.95. The minimum Gasteiger partial charge on any atom is -0.493 e. The second-order valence-electron chi connectivity index (χ2n) is 6.17. The molecule has 0 saturated carbocycles. The third-order valence-corrected chi connectivity index (χ3v) is 4.08. The van der Waals surface area contributed by atoms with Crippen molar-refractivity contribution in [2.75, 3.05) is 0 Å². The van der Waals surface area contributed by atoms with Crippen LogP contribution in [0.15, 0.2) is 63.2 Å². The van der Waals surface area contributed by atoms with E-state index >= 15 is 0 Å². The van der Waals surface area contributed by atoms with Crippen LogP contribution in [0.3, 0.4) is 0 Å². The molecule has 0 fully saturated rings. The van der Waals surface area contributed by atoms with Crippen molar-refractivity contribution >= 4 is 17.8 Å². The number of amides is 1. The van der Waals surface area contributed by atoms with Crippen molar-refractivity contribution in [2.24, 2.45) is 5.10 Å². The van der Waals surface area contributed by atoms with Crippen molar-refractivity contribution in [2.45, 2.75) is 6.92 Å². The van der Waals surface area contributed by atoms with Crippen molar-refractivity contribution in [3.05, 3.63) is 96.2 Å². The molecule has 0 radical (unpaired) electrons. The number of nitrogens with zero attached hydrogens (tertiary/aromatic N) is 3. The molecule has 3 N–H and O–H groups in total. The standard InChI is InChI=1S/C19H15N5O6/c1-11-3-2-4-14(9-11)23-18(27)15(17(26)21-19(23)28)10-20-22-16(25)12-5-7-13(8-6-12)24(29)30/h2-10,27H,1H3,(H,22,25)(H,21,26,28)/b20-10+. The zero-order chi connectivity index (χ0) is 21.8. The molecule has 30 heavy (non-hydrogen) atoms. The van der Waals surface area contributed by atoms with Crippen LogP contribution < -0.4 is 16.7 Å². The van der Waals surface area contributed by atoms with Crippen molar-refractivity contribution in [3.8, 4) is 11.6 Å². The molecule has 0 bridgehead atoms. The fraction of sp³-hybridized carbons (Fsp3) is 0.0526. The summed E-state index contributed by atoms with van der Waals surface area (Å²) in [6.45, 7) is 1.80. The molecule has 0 saturated heterocycles. The van der Waals surface area contributed by atoms with E-state index in [4.69, 9.17) is 0 Å². The molecule has 0 spiro atoms. The molecular weight excluding hydrogens is 394 g/mol. The number of hydrazone groups is 1. The molecule has 3 rings (SSSR count). The number of aryl methyl sites for hydroxylation is 1. The van der Waals surface area contributed by atoms with E-state index in [1.54, 1.807) is 31.2 Å². The Morgan fingerprint density at radius 3 is 2.57 bits per heavy atom. The van der Waals surface area contributed by atoms with Crippen molar-refractivity contribution in [1.82, 2.24) is 15.0 Å². The Morgan fingerprint density at radius 2 is 1.93 bits per heavy atom. The van der Waals surface area contributed by atoms with Gasteiger partial charge in [-0.25, -0.2) is 14.8 Å². The van der Waals surface area contributed by atoms with Crippen LogP contribution in [0.25, 0.3) is 5.69 Å². The summed E-state index contributed by atoms with van der Waals surface area (Å²) < 4.78 is 0.897. The Hall–Kier alpha value is -4.54. The van der Waals surface area contributed by atoms with Gasteiger partial charge in [0.15, 0.2) is 0 Å². The second-order valence-corrected chi connectivity index (χ2v) is 6.17. The molecule has 152 valence electrons. The van der Waals surface area contributed by atoms with Gasteiger partial charge in [0, 0.05) is 17.7 Å². The lowest BCUT2D eigenvalue weighted by Crippen LogP contribution is -2.31. The number of nitro groups is 1. The van der Waals surface area contributed by atoms with E-state index < -0.39 is 28.0 Å². The van der Waals surface area contributed by atoms with E-state index in [9.17, 15) is 29.6 Å². The number of carbonyl (C=O) groups is 1. The molecule has 0 aliphatic rings. The van der Waals surface area contributed by atoms with Gasteiger partial charge in [0.05, 0.1) is 16.8 Å². The Balaban J connectivity index is 1.87. The summed E-state index contributed by atoms with van der Waals surface area (Å²) >= 11 is 0. The highest BCUT2D eigenvalue weighted by Crippen LogP contribution is 2.16. The third-order valence-electron chi connectivity index (χ3n) is 4.08. The predicted octanol–water partition coefficient (Wildman–Crippen LogP) is 1.21. The number of non-ortho nitro benzene ring substituents is 1. The van der Waals surface area contributed by atoms with Crippen molar-refractivity contribution in [1.29, 1.82) is 0 Å². The van der Waals surface area contributed by atoms with Crippen LogP contribution in [0, 0.1) is 17.0 Å². The van der Waals surface area contributed by atoms with Crippen LogP contribution in [-0.4, -0.2) is 31.7 Å². The highest BCUT2D eigenvalue weighted by atomic mass is 16.6. The topological polar surface area (TPSA) is 160 Å². The fourth-order valence-electron chi connectivity index (χ4n) is 2.62. The molecular formula is C19H15N5O6. The van der Waals surface area contributed by atoms with Gasteiger partial charge in [-0.15, -0.1) is 0 Å². The first kappa shape index (κ1) is 20.2. The molecule has 2 aromatic carbocycles. The van der Waals surface area contributed by atoms with Gasteiger partial charge >= 0.3 is 5.69 Å². The van der Waals surface area contributed by atoms with Crippen molar-refractivity contribution < 1.29 is 14.8 Å². The van der Waals surface area contributed by atoms with Crippen LogP contribution in [0.4, 0.5) is 5.69 Å². The molecule has 3 aromatic rings. The number of benzene rings is 2. The number of hydrogen-bond donors (Lipinski definition) is 3. The lowest BCUT2D eigenvalue weighted by atomic mass is 10.2. The molecule has 0 aliphatic carbocycles. The molecule has 1 heterocycles. The Morgan fingerprint density at radius 1 is 1.23 bits per heavy atom. The molecule has 0 unspecified atom stereocenters. The van der Waals surface area contributed by atoms with Gasteiger partial charge in [0.25, 0.3) is 17.2 Å². The minimum atomic E-state index is -0.894. The quantitative estimate of drug-likeness (QED) is 0.326. The summed E-state index contributed by atoms with van der Waals surface area (Å²) in [6.07, 6.45) is 0.892. The maximum atomic E-state index is 12.2. The lowest BCUT2D eigenvalue weighted by Gasteiger charge is -2.10. The first-order valence-electron chi connectivity index (χ1n) is 8.51.